The lowest BCUT2D eigenvalue weighted by Gasteiger charge is -2.19. The van der Waals surface area contributed by atoms with Gasteiger partial charge in [0.25, 0.3) is 0 Å². The number of amides is 1. The van der Waals surface area contributed by atoms with E-state index in [1.807, 2.05) is 49.4 Å². The van der Waals surface area contributed by atoms with E-state index in [-0.39, 0.29) is 11.8 Å². The summed E-state index contributed by atoms with van der Waals surface area (Å²) in [6.07, 6.45) is 0.652. The molecule has 120 valence electrons. The van der Waals surface area contributed by atoms with Crippen molar-refractivity contribution in [3.63, 3.8) is 0 Å². The molecule has 0 spiro atoms. The van der Waals surface area contributed by atoms with Crippen LogP contribution in [0.3, 0.4) is 0 Å². The van der Waals surface area contributed by atoms with Crippen molar-refractivity contribution in [1.29, 1.82) is 0 Å². The Hall–Kier alpha value is -2.01. The highest BCUT2D eigenvalue weighted by atomic mass is 79.9. The van der Waals surface area contributed by atoms with Gasteiger partial charge in [-0.25, -0.2) is 0 Å². The fourth-order valence-corrected chi connectivity index (χ4v) is 2.72. The minimum absolute atomic E-state index is 0.00205. The number of carbonyl (C=O) groups excluding carboxylic acids is 1. The van der Waals surface area contributed by atoms with E-state index in [4.69, 9.17) is 9.47 Å². The third kappa shape index (κ3) is 4.05. The number of hydrogen-bond acceptors (Lipinski definition) is 3. The molecule has 0 fully saturated rings. The van der Waals surface area contributed by atoms with Gasteiger partial charge in [-0.05, 0) is 48.4 Å². The van der Waals surface area contributed by atoms with Crippen molar-refractivity contribution in [1.82, 2.24) is 0 Å². The predicted octanol–water partition coefficient (Wildman–Crippen LogP) is 4.04. The molecule has 1 atom stereocenters. The Bertz CT molecular complexity index is 700. The minimum atomic E-state index is -0.138. The molecule has 23 heavy (non-hydrogen) atoms. The van der Waals surface area contributed by atoms with Crippen LogP contribution in [-0.2, 0) is 11.2 Å². The van der Waals surface area contributed by atoms with E-state index in [2.05, 4.69) is 21.2 Å². The molecule has 1 aliphatic rings. The van der Waals surface area contributed by atoms with Crippen LogP contribution in [0.4, 0.5) is 5.69 Å². The lowest BCUT2D eigenvalue weighted by molar-refractivity contribution is -0.119. The Morgan fingerprint density at radius 1 is 1.13 bits per heavy atom. The molecule has 0 radical (unpaired) electrons. The summed E-state index contributed by atoms with van der Waals surface area (Å²) < 4.78 is 12.1. The van der Waals surface area contributed by atoms with Crippen LogP contribution < -0.4 is 14.8 Å². The number of ether oxygens (including phenoxy) is 2. The molecule has 4 nitrogen and oxygen atoms in total. The average molecular weight is 376 g/mol. The van der Waals surface area contributed by atoms with E-state index in [0.717, 1.165) is 27.2 Å². The van der Waals surface area contributed by atoms with Crippen molar-refractivity contribution in [3.8, 4) is 11.5 Å². The molecule has 0 aliphatic carbocycles. The molecule has 2 aromatic carbocycles. The lowest BCUT2D eigenvalue weighted by atomic mass is 9.99. The van der Waals surface area contributed by atoms with E-state index in [9.17, 15) is 4.79 Å². The van der Waals surface area contributed by atoms with E-state index in [1.165, 1.54) is 0 Å². The minimum Gasteiger partial charge on any atom is -0.486 e. The zero-order valence-electron chi connectivity index (χ0n) is 12.8. The Balaban J connectivity index is 1.62. The zero-order valence-corrected chi connectivity index (χ0v) is 14.4. The maximum Gasteiger partial charge on any atom is 0.227 e. The summed E-state index contributed by atoms with van der Waals surface area (Å²) in [6, 6.07) is 13.4. The molecule has 3 rings (SSSR count). The molecule has 1 amide bonds. The van der Waals surface area contributed by atoms with Gasteiger partial charge in [-0.3, -0.25) is 4.79 Å². The molecule has 0 aromatic heterocycles. The summed E-state index contributed by atoms with van der Waals surface area (Å²) in [6.45, 7) is 3.07. The second-order valence-electron chi connectivity index (χ2n) is 5.58. The van der Waals surface area contributed by atoms with Gasteiger partial charge in [0.15, 0.2) is 11.5 Å². The van der Waals surface area contributed by atoms with Gasteiger partial charge >= 0.3 is 0 Å². The Morgan fingerprint density at radius 2 is 1.83 bits per heavy atom. The molecule has 2 aromatic rings. The second-order valence-corrected chi connectivity index (χ2v) is 6.50. The van der Waals surface area contributed by atoms with Gasteiger partial charge in [-0.1, -0.05) is 28.9 Å². The van der Waals surface area contributed by atoms with E-state index in [1.54, 1.807) is 0 Å². The summed E-state index contributed by atoms with van der Waals surface area (Å²) in [7, 11) is 0. The highest BCUT2D eigenvalue weighted by Gasteiger charge is 2.17. The number of fused-ring (bicyclic) bond motifs is 1. The maximum atomic E-state index is 12.3. The Morgan fingerprint density at radius 3 is 2.57 bits per heavy atom. The van der Waals surface area contributed by atoms with Crippen LogP contribution in [0.1, 0.15) is 12.5 Å². The molecule has 0 saturated heterocycles. The van der Waals surface area contributed by atoms with Gasteiger partial charge in [0.2, 0.25) is 5.91 Å². The van der Waals surface area contributed by atoms with Crippen molar-refractivity contribution < 1.29 is 14.3 Å². The molecule has 0 bridgehead atoms. The number of benzene rings is 2. The van der Waals surface area contributed by atoms with Gasteiger partial charge in [0.05, 0.1) is 0 Å². The summed E-state index contributed by atoms with van der Waals surface area (Å²) in [4.78, 5) is 12.3. The summed E-state index contributed by atoms with van der Waals surface area (Å²) in [5, 5.41) is 2.94. The predicted molar refractivity (Wildman–Crippen MR) is 93.1 cm³/mol. The van der Waals surface area contributed by atoms with E-state index < -0.39 is 0 Å². The Kier molecular flexibility index (Phi) is 4.86. The normalized spacial score (nSPS) is 14.2. The first-order chi connectivity index (χ1) is 11.1. The average Bonchev–Trinajstić information content (AvgIpc) is 2.56. The second kappa shape index (κ2) is 7.04. The third-order valence-corrected chi connectivity index (χ3v) is 4.24. The van der Waals surface area contributed by atoms with Crippen LogP contribution in [0.5, 0.6) is 11.5 Å². The summed E-state index contributed by atoms with van der Waals surface area (Å²) in [5.41, 5.74) is 1.86. The monoisotopic (exact) mass is 375 g/mol. The molecule has 1 N–H and O–H groups in total. The van der Waals surface area contributed by atoms with Crippen LogP contribution in [0.15, 0.2) is 46.9 Å². The lowest BCUT2D eigenvalue weighted by Crippen LogP contribution is -2.22. The fraction of sp³-hybridized carbons (Fsp3) is 0.278. The first-order valence-corrected chi connectivity index (χ1v) is 8.36. The highest BCUT2D eigenvalue weighted by molar-refractivity contribution is 9.10. The number of anilines is 1. The highest BCUT2D eigenvalue weighted by Crippen LogP contribution is 2.31. The number of halogens is 1. The first kappa shape index (κ1) is 15.9. The molecule has 5 heteroatoms. The molecule has 0 saturated carbocycles. The van der Waals surface area contributed by atoms with Crippen LogP contribution in [0.2, 0.25) is 0 Å². The van der Waals surface area contributed by atoms with E-state index in [0.29, 0.717) is 19.6 Å². The first-order valence-electron chi connectivity index (χ1n) is 7.57. The number of rotatable bonds is 4. The van der Waals surface area contributed by atoms with Crippen molar-refractivity contribution in [2.45, 2.75) is 13.3 Å². The van der Waals surface area contributed by atoms with Crippen molar-refractivity contribution in [2.24, 2.45) is 5.92 Å². The van der Waals surface area contributed by atoms with E-state index >= 15 is 0 Å². The van der Waals surface area contributed by atoms with Gasteiger partial charge in [0.1, 0.15) is 13.2 Å². The van der Waals surface area contributed by atoms with Crippen molar-refractivity contribution >= 4 is 27.5 Å². The number of nitrogens with one attached hydrogen (secondary N) is 1. The number of carbonyl (C=O) groups is 1. The summed E-state index contributed by atoms with van der Waals surface area (Å²) >= 11 is 3.38. The van der Waals surface area contributed by atoms with Crippen molar-refractivity contribution in [3.05, 3.63) is 52.5 Å². The topological polar surface area (TPSA) is 47.6 Å². The quantitative estimate of drug-likeness (QED) is 0.876. The Labute approximate surface area is 143 Å². The maximum absolute atomic E-state index is 12.3. The molecular weight excluding hydrogens is 358 g/mol. The van der Waals surface area contributed by atoms with Crippen LogP contribution in [0, 0.1) is 5.92 Å². The van der Waals surface area contributed by atoms with Gasteiger partial charge in [0, 0.05) is 16.1 Å². The SMILES string of the molecule is CC(Cc1ccc2c(c1)OCCO2)C(=O)Nc1ccc(Br)cc1. The van der Waals surface area contributed by atoms with Crippen LogP contribution >= 0.6 is 15.9 Å². The molecular formula is C18H18BrNO3. The fourth-order valence-electron chi connectivity index (χ4n) is 2.46. The zero-order chi connectivity index (χ0) is 16.2. The standard InChI is InChI=1S/C18H18BrNO3/c1-12(18(21)20-15-5-3-14(19)4-6-15)10-13-2-7-16-17(11-13)23-9-8-22-16/h2-7,11-12H,8-10H2,1H3,(H,20,21). The largest absolute Gasteiger partial charge is 0.486 e. The summed E-state index contributed by atoms with van der Waals surface area (Å²) in [5.74, 6) is 1.39. The number of hydrogen-bond donors (Lipinski definition) is 1. The van der Waals surface area contributed by atoms with Crippen LogP contribution in [-0.4, -0.2) is 19.1 Å². The van der Waals surface area contributed by atoms with Gasteiger partial charge in [-0.2, -0.15) is 0 Å². The smallest absolute Gasteiger partial charge is 0.227 e. The molecule has 1 aliphatic heterocycles. The third-order valence-electron chi connectivity index (χ3n) is 3.71. The van der Waals surface area contributed by atoms with Gasteiger partial charge in [-0.15, -0.1) is 0 Å². The molecule has 1 heterocycles. The van der Waals surface area contributed by atoms with Crippen LogP contribution in [0.25, 0.3) is 0 Å². The van der Waals surface area contributed by atoms with Crippen molar-refractivity contribution in [2.75, 3.05) is 18.5 Å². The molecule has 1 unspecified atom stereocenters. The van der Waals surface area contributed by atoms with Gasteiger partial charge < -0.3 is 14.8 Å².